The van der Waals surface area contributed by atoms with Crippen molar-refractivity contribution < 1.29 is 4.92 Å². The van der Waals surface area contributed by atoms with Gasteiger partial charge in [-0.1, -0.05) is 26.0 Å². The van der Waals surface area contributed by atoms with Crippen molar-refractivity contribution in [1.29, 1.82) is 0 Å². The van der Waals surface area contributed by atoms with Gasteiger partial charge in [-0.15, -0.1) is 0 Å². The molecule has 1 N–H and O–H groups in total. The molecule has 5 heteroatoms. The molecule has 1 unspecified atom stereocenters. The Hall–Kier alpha value is -1.46. The molecule has 1 aromatic carbocycles. The van der Waals surface area contributed by atoms with Gasteiger partial charge in [0, 0.05) is 30.8 Å². The molecule has 0 radical (unpaired) electrons. The molecule has 0 spiro atoms. The Kier molecular flexibility index (Phi) is 6.10. The first-order valence-electron chi connectivity index (χ1n) is 6.93. The number of nitrogens with one attached hydrogen (secondary N) is 1. The summed E-state index contributed by atoms with van der Waals surface area (Å²) in [5, 5.41) is 14.4. The topological polar surface area (TPSA) is 58.4 Å². The number of likely N-dealkylation sites (N-methyl/N-ethyl adjacent to an activating group) is 1. The number of nitrogens with zero attached hydrogens (tertiary/aromatic N) is 2. The molecule has 1 rings (SSSR count). The summed E-state index contributed by atoms with van der Waals surface area (Å²) in [6.07, 6.45) is 0. The minimum atomic E-state index is -0.321. The number of hydrogen-bond donors (Lipinski definition) is 1. The average molecular weight is 279 g/mol. The van der Waals surface area contributed by atoms with Crippen LogP contribution in [-0.4, -0.2) is 36.5 Å². The highest BCUT2D eigenvalue weighted by Crippen LogP contribution is 2.19. The first kappa shape index (κ1) is 16.6. The van der Waals surface area contributed by atoms with Crippen LogP contribution in [0, 0.1) is 23.0 Å². The molecular formula is C15H25N3O2. The lowest BCUT2D eigenvalue weighted by Crippen LogP contribution is -2.41. The minimum absolute atomic E-state index is 0.193. The molecule has 0 amide bonds. The SMILES string of the molecule is Cc1ccc(CNC(CN(C)C)C(C)C)cc1[N+](=O)[O-]. The van der Waals surface area contributed by atoms with Crippen LogP contribution in [0.25, 0.3) is 0 Å². The number of hydrogen-bond acceptors (Lipinski definition) is 4. The monoisotopic (exact) mass is 279 g/mol. The highest BCUT2D eigenvalue weighted by Gasteiger charge is 2.15. The summed E-state index contributed by atoms with van der Waals surface area (Å²) in [6.45, 7) is 7.72. The zero-order valence-corrected chi connectivity index (χ0v) is 13.0. The van der Waals surface area contributed by atoms with Gasteiger partial charge in [0.05, 0.1) is 4.92 Å². The molecule has 1 aromatic rings. The smallest absolute Gasteiger partial charge is 0.272 e. The highest BCUT2D eigenvalue weighted by molar-refractivity contribution is 5.42. The van der Waals surface area contributed by atoms with Crippen LogP contribution in [0.1, 0.15) is 25.0 Å². The van der Waals surface area contributed by atoms with Gasteiger partial charge >= 0.3 is 0 Å². The number of aryl methyl sites for hydroxylation is 1. The Balaban J connectivity index is 2.73. The van der Waals surface area contributed by atoms with Crippen LogP contribution in [0.2, 0.25) is 0 Å². The quantitative estimate of drug-likeness (QED) is 0.615. The van der Waals surface area contributed by atoms with Gasteiger partial charge in [0.1, 0.15) is 0 Å². The van der Waals surface area contributed by atoms with Gasteiger partial charge < -0.3 is 10.2 Å². The maximum atomic E-state index is 10.9. The van der Waals surface area contributed by atoms with Gasteiger partial charge in [-0.2, -0.15) is 0 Å². The fraction of sp³-hybridized carbons (Fsp3) is 0.600. The summed E-state index contributed by atoms with van der Waals surface area (Å²) in [7, 11) is 4.10. The molecule has 0 saturated heterocycles. The molecule has 1 atom stereocenters. The van der Waals surface area contributed by atoms with E-state index >= 15 is 0 Å². The Bertz CT molecular complexity index is 458. The first-order valence-corrected chi connectivity index (χ1v) is 6.93. The summed E-state index contributed by atoms with van der Waals surface area (Å²) in [4.78, 5) is 12.8. The molecule has 112 valence electrons. The van der Waals surface area contributed by atoms with Crippen molar-refractivity contribution >= 4 is 5.69 Å². The molecular weight excluding hydrogens is 254 g/mol. The van der Waals surface area contributed by atoms with E-state index in [0.29, 0.717) is 24.1 Å². The van der Waals surface area contributed by atoms with E-state index in [0.717, 1.165) is 12.1 Å². The van der Waals surface area contributed by atoms with Gasteiger partial charge in [0.15, 0.2) is 0 Å². The van der Waals surface area contributed by atoms with Crippen molar-refractivity contribution in [3.63, 3.8) is 0 Å². The minimum Gasteiger partial charge on any atom is -0.308 e. The Morgan fingerprint density at radius 2 is 2.00 bits per heavy atom. The normalized spacial score (nSPS) is 12.9. The van der Waals surface area contributed by atoms with Gasteiger partial charge in [0.25, 0.3) is 5.69 Å². The summed E-state index contributed by atoms with van der Waals surface area (Å²) in [5.41, 5.74) is 1.84. The van der Waals surface area contributed by atoms with Gasteiger partial charge in [-0.25, -0.2) is 0 Å². The molecule has 5 nitrogen and oxygen atoms in total. The predicted octanol–water partition coefficient (Wildman–Crippen LogP) is 2.58. The summed E-state index contributed by atoms with van der Waals surface area (Å²) in [5.74, 6) is 0.512. The molecule has 0 fully saturated rings. The Labute approximate surface area is 121 Å². The first-order chi connectivity index (χ1) is 9.31. The summed E-state index contributed by atoms with van der Waals surface area (Å²) in [6, 6.07) is 5.79. The van der Waals surface area contributed by atoms with E-state index in [4.69, 9.17) is 0 Å². The van der Waals surface area contributed by atoms with Crippen LogP contribution in [0.15, 0.2) is 18.2 Å². The lowest BCUT2D eigenvalue weighted by atomic mass is 10.0. The average Bonchev–Trinajstić information content (AvgIpc) is 2.34. The summed E-state index contributed by atoms with van der Waals surface area (Å²) < 4.78 is 0. The third-order valence-electron chi connectivity index (χ3n) is 3.41. The third-order valence-corrected chi connectivity index (χ3v) is 3.41. The van der Waals surface area contributed by atoms with E-state index in [1.54, 1.807) is 13.0 Å². The van der Waals surface area contributed by atoms with Crippen molar-refractivity contribution in [2.24, 2.45) is 5.92 Å². The Morgan fingerprint density at radius 3 is 2.50 bits per heavy atom. The number of rotatable bonds is 7. The molecule has 0 saturated carbocycles. The molecule has 20 heavy (non-hydrogen) atoms. The molecule has 0 aliphatic carbocycles. The molecule has 0 aliphatic heterocycles. The molecule has 0 bridgehead atoms. The van der Waals surface area contributed by atoms with Gasteiger partial charge in [-0.3, -0.25) is 10.1 Å². The van der Waals surface area contributed by atoms with Crippen molar-refractivity contribution in [3.05, 3.63) is 39.4 Å². The summed E-state index contributed by atoms with van der Waals surface area (Å²) >= 11 is 0. The van der Waals surface area contributed by atoms with Crippen LogP contribution < -0.4 is 5.32 Å². The van der Waals surface area contributed by atoms with Crippen LogP contribution >= 0.6 is 0 Å². The standard InChI is InChI=1S/C15H25N3O2/c1-11(2)14(10-17(4)5)16-9-13-7-6-12(3)15(8-13)18(19)20/h6-8,11,14,16H,9-10H2,1-5H3. The van der Waals surface area contributed by atoms with Crippen LogP contribution in [0.4, 0.5) is 5.69 Å². The van der Waals surface area contributed by atoms with Crippen molar-refractivity contribution in [2.75, 3.05) is 20.6 Å². The molecule has 0 heterocycles. The van der Waals surface area contributed by atoms with Crippen molar-refractivity contribution in [1.82, 2.24) is 10.2 Å². The molecule has 0 aliphatic rings. The largest absolute Gasteiger partial charge is 0.308 e. The second kappa shape index (κ2) is 7.36. The van der Waals surface area contributed by atoms with E-state index in [9.17, 15) is 10.1 Å². The molecule has 0 aromatic heterocycles. The van der Waals surface area contributed by atoms with Crippen molar-refractivity contribution in [3.8, 4) is 0 Å². The maximum Gasteiger partial charge on any atom is 0.272 e. The van der Waals surface area contributed by atoms with E-state index in [-0.39, 0.29) is 10.6 Å². The Morgan fingerprint density at radius 1 is 1.35 bits per heavy atom. The second-order valence-electron chi connectivity index (χ2n) is 5.87. The predicted molar refractivity (Wildman–Crippen MR) is 81.9 cm³/mol. The van der Waals surface area contributed by atoms with E-state index in [2.05, 4.69) is 24.1 Å². The highest BCUT2D eigenvalue weighted by atomic mass is 16.6. The second-order valence-corrected chi connectivity index (χ2v) is 5.87. The van der Waals surface area contributed by atoms with Gasteiger partial charge in [0.2, 0.25) is 0 Å². The number of nitro groups is 1. The van der Waals surface area contributed by atoms with E-state index in [1.165, 1.54) is 0 Å². The van der Waals surface area contributed by atoms with E-state index in [1.807, 2.05) is 26.2 Å². The van der Waals surface area contributed by atoms with E-state index < -0.39 is 0 Å². The maximum absolute atomic E-state index is 10.9. The zero-order valence-electron chi connectivity index (χ0n) is 13.0. The lowest BCUT2D eigenvalue weighted by Gasteiger charge is -2.25. The van der Waals surface area contributed by atoms with Gasteiger partial charge in [-0.05, 0) is 32.5 Å². The van der Waals surface area contributed by atoms with Crippen LogP contribution in [0.3, 0.4) is 0 Å². The number of benzene rings is 1. The fourth-order valence-corrected chi connectivity index (χ4v) is 2.12. The van der Waals surface area contributed by atoms with Crippen LogP contribution in [0.5, 0.6) is 0 Å². The third kappa shape index (κ3) is 4.90. The number of nitro benzene ring substituents is 1. The van der Waals surface area contributed by atoms with Crippen LogP contribution in [-0.2, 0) is 6.54 Å². The zero-order chi connectivity index (χ0) is 15.3. The lowest BCUT2D eigenvalue weighted by molar-refractivity contribution is -0.385. The van der Waals surface area contributed by atoms with Crippen molar-refractivity contribution in [2.45, 2.75) is 33.4 Å². The fourth-order valence-electron chi connectivity index (χ4n) is 2.12.